The Balaban J connectivity index is 2.53. The third-order valence-corrected chi connectivity index (χ3v) is 3.85. The molecule has 1 atom stereocenters. The number of carbonyl (C=O) groups is 3. The molecule has 0 radical (unpaired) electrons. The zero-order chi connectivity index (χ0) is 21.5. The highest BCUT2D eigenvalue weighted by Crippen LogP contribution is 2.27. The Kier molecular flexibility index (Phi) is 8.47. The predicted molar refractivity (Wildman–Crippen MR) is 108 cm³/mol. The number of hydrogen-bond acceptors (Lipinski definition) is 5. The first kappa shape index (κ1) is 23.5. The summed E-state index contributed by atoms with van der Waals surface area (Å²) in [5.74, 6) is -0.732. The number of nitrogens with one attached hydrogen (secondary N) is 2. The van der Waals surface area contributed by atoms with E-state index in [0.29, 0.717) is 0 Å². The summed E-state index contributed by atoms with van der Waals surface area (Å²) in [4.78, 5) is 35.9. The molecule has 0 bridgehead atoms. The third kappa shape index (κ3) is 7.98. The number of aryl methyl sites for hydroxylation is 1. The van der Waals surface area contributed by atoms with E-state index in [-0.39, 0.29) is 18.9 Å². The SMILES string of the molecule is Cc1cccc(C(C)C)c1NC(=O)[C@@H](C)OC(=O)CCNC(=O)OC(C)(C)C. The van der Waals surface area contributed by atoms with Crippen molar-refractivity contribution in [3.05, 3.63) is 29.3 Å². The maximum atomic E-state index is 12.4. The van der Waals surface area contributed by atoms with Crippen molar-refractivity contribution in [2.75, 3.05) is 11.9 Å². The van der Waals surface area contributed by atoms with Gasteiger partial charge in [0, 0.05) is 12.2 Å². The zero-order valence-electron chi connectivity index (χ0n) is 17.8. The molecule has 0 aromatic heterocycles. The highest BCUT2D eigenvalue weighted by molar-refractivity contribution is 5.96. The molecule has 0 unspecified atom stereocenters. The molecule has 0 heterocycles. The first-order chi connectivity index (χ1) is 12.9. The van der Waals surface area contributed by atoms with Crippen molar-refractivity contribution in [3.63, 3.8) is 0 Å². The number of para-hydroxylation sites is 1. The Morgan fingerprint density at radius 3 is 2.32 bits per heavy atom. The minimum Gasteiger partial charge on any atom is -0.452 e. The summed E-state index contributed by atoms with van der Waals surface area (Å²) >= 11 is 0. The second-order valence-corrected chi connectivity index (χ2v) is 7.99. The van der Waals surface area contributed by atoms with Crippen LogP contribution >= 0.6 is 0 Å². The van der Waals surface area contributed by atoms with Gasteiger partial charge in [-0.1, -0.05) is 32.0 Å². The van der Waals surface area contributed by atoms with Crippen LogP contribution < -0.4 is 10.6 Å². The number of anilines is 1. The Morgan fingerprint density at radius 1 is 1.11 bits per heavy atom. The van der Waals surface area contributed by atoms with E-state index < -0.39 is 29.7 Å². The van der Waals surface area contributed by atoms with Crippen LogP contribution in [0.25, 0.3) is 0 Å². The van der Waals surface area contributed by atoms with Crippen molar-refractivity contribution in [2.24, 2.45) is 0 Å². The maximum absolute atomic E-state index is 12.4. The van der Waals surface area contributed by atoms with E-state index in [1.165, 1.54) is 6.92 Å². The van der Waals surface area contributed by atoms with Crippen LogP contribution in [-0.2, 0) is 19.1 Å². The summed E-state index contributed by atoms with van der Waals surface area (Å²) in [7, 11) is 0. The van der Waals surface area contributed by atoms with E-state index in [4.69, 9.17) is 9.47 Å². The molecule has 0 aliphatic carbocycles. The van der Waals surface area contributed by atoms with Crippen molar-refractivity contribution < 1.29 is 23.9 Å². The second-order valence-electron chi connectivity index (χ2n) is 7.99. The summed E-state index contributed by atoms with van der Waals surface area (Å²) in [6.07, 6.45) is -1.61. The lowest BCUT2D eigenvalue weighted by Crippen LogP contribution is -2.35. The number of rotatable bonds is 7. The molecule has 0 spiro atoms. The van der Waals surface area contributed by atoms with E-state index in [1.54, 1.807) is 20.8 Å². The van der Waals surface area contributed by atoms with Gasteiger partial charge in [0.25, 0.3) is 5.91 Å². The zero-order valence-corrected chi connectivity index (χ0v) is 17.8. The quantitative estimate of drug-likeness (QED) is 0.686. The third-order valence-electron chi connectivity index (χ3n) is 3.85. The van der Waals surface area contributed by atoms with Crippen LogP contribution in [0.1, 0.15) is 65.0 Å². The molecule has 0 saturated carbocycles. The Labute approximate surface area is 167 Å². The summed E-state index contributed by atoms with van der Waals surface area (Å²) in [6.45, 7) is 12.8. The molecule has 28 heavy (non-hydrogen) atoms. The normalized spacial score (nSPS) is 12.3. The summed E-state index contributed by atoms with van der Waals surface area (Å²) in [6, 6.07) is 5.83. The molecule has 156 valence electrons. The van der Waals surface area contributed by atoms with E-state index in [0.717, 1.165) is 16.8 Å². The average Bonchev–Trinajstić information content (AvgIpc) is 2.54. The van der Waals surface area contributed by atoms with Gasteiger partial charge in [-0.25, -0.2) is 4.79 Å². The molecule has 0 fully saturated rings. The van der Waals surface area contributed by atoms with Gasteiger partial charge >= 0.3 is 12.1 Å². The molecule has 2 N–H and O–H groups in total. The summed E-state index contributed by atoms with van der Waals surface area (Å²) in [5, 5.41) is 5.34. The number of benzene rings is 1. The molecule has 0 aliphatic heterocycles. The summed E-state index contributed by atoms with van der Waals surface area (Å²) < 4.78 is 10.2. The standard InChI is InChI=1S/C21H32N2O5/c1-13(2)16-10-8-9-14(3)18(16)23-19(25)15(4)27-17(24)11-12-22-20(26)28-21(5,6)7/h8-10,13,15H,11-12H2,1-7H3,(H,22,26)(H,23,25)/t15-/m1/s1. The van der Waals surface area contributed by atoms with E-state index in [1.807, 2.05) is 39.0 Å². The fourth-order valence-corrected chi connectivity index (χ4v) is 2.46. The highest BCUT2D eigenvalue weighted by Gasteiger charge is 2.21. The molecule has 1 rings (SSSR count). The molecule has 0 aliphatic rings. The van der Waals surface area contributed by atoms with Gasteiger partial charge in [-0.3, -0.25) is 9.59 Å². The lowest BCUT2D eigenvalue weighted by atomic mass is 9.98. The largest absolute Gasteiger partial charge is 0.452 e. The molecule has 7 heteroatoms. The average molecular weight is 392 g/mol. The highest BCUT2D eigenvalue weighted by atomic mass is 16.6. The molecular formula is C21H32N2O5. The van der Waals surface area contributed by atoms with Crippen LogP contribution in [0, 0.1) is 6.92 Å². The van der Waals surface area contributed by atoms with Crippen molar-refractivity contribution >= 4 is 23.7 Å². The monoisotopic (exact) mass is 392 g/mol. The van der Waals surface area contributed by atoms with Crippen LogP contribution in [0.2, 0.25) is 0 Å². The van der Waals surface area contributed by atoms with E-state index >= 15 is 0 Å². The maximum Gasteiger partial charge on any atom is 0.407 e. The number of hydrogen-bond donors (Lipinski definition) is 2. The topological polar surface area (TPSA) is 93.7 Å². The fourth-order valence-electron chi connectivity index (χ4n) is 2.46. The van der Waals surface area contributed by atoms with Crippen LogP contribution in [0.5, 0.6) is 0 Å². The lowest BCUT2D eigenvalue weighted by Gasteiger charge is -2.20. The Bertz CT molecular complexity index is 707. The molecule has 1 aromatic carbocycles. The predicted octanol–water partition coefficient (Wildman–Crippen LogP) is 3.90. The first-order valence-corrected chi connectivity index (χ1v) is 9.47. The van der Waals surface area contributed by atoms with Gasteiger partial charge < -0.3 is 20.1 Å². The van der Waals surface area contributed by atoms with Crippen LogP contribution in [0.4, 0.5) is 10.5 Å². The summed E-state index contributed by atoms with van der Waals surface area (Å²) in [5.41, 5.74) is 2.10. The van der Waals surface area contributed by atoms with Crippen LogP contribution in [0.15, 0.2) is 18.2 Å². The first-order valence-electron chi connectivity index (χ1n) is 9.47. The van der Waals surface area contributed by atoms with Crippen molar-refractivity contribution in [2.45, 2.75) is 72.5 Å². The van der Waals surface area contributed by atoms with Gasteiger partial charge in [0.2, 0.25) is 0 Å². The number of esters is 1. The van der Waals surface area contributed by atoms with Gasteiger partial charge in [0.05, 0.1) is 6.42 Å². The van der Waals surface area contributed by atoms with Gasteiger partial charge in [-0.2, -0.15) is 0 Å². The molecule has 0 saturated heterocycles. The van der Waals surface area contributed by atoms with Gasteiger partial charge in [-0.15, -0.1) is 0 Å². The molecular weight excluding hydrogens is 360 g/mol. The van der Waals surface area contributed by atoms with Gasteiger partial charge in [-0.05, 0) is 51.7 Å². The Hall–Kier alpha value is -2.57. The number of amides is 2. The number of ether oxygens (including phenoxy) is 2. The van der Waals surface area contributed by atoms with Gasteiger partial charge in [0.15, 0.2) is 6.10 Å². The van der Waals surface area contributed by atoms with Crippen LogP contribution in [-0.4, -0.2) is 36.2 Å². The van der Waals surface area contributed by atoms with Crippen molar-refractivity contribution in [3.8, 4) is 0 Å². The van der Waals surface area contributed by atoms with E-state index in [2.05, 4.69) is 10.6 Å². The van der Waals surface area contributed by atoms with Crippen molar-refractivity contribution in [1.29, 1.82) is 0 Å². The minimum atomic E-state index is -0.950. The molecule has 7 nitrogen and oxygen atoms in total. The molecule has 2 amide bonds. The number of carbonyl (C=O) groups excluding carboxylic acids is 3. The van der Waals surface area contributed by atoms with Crippen molar-refractivity contribution in [1.82, 2.24) is 5.32 Å². The Morgan fingerprint density at radius 2 is 1.75 bits per heavy atom. The number of alkyl carbamates (subject to hydrolysis) is 1. The second kappa shape index (κ2) is 10.1. The van der Waals surface area contributed by atoms with Gasteiger partial charge in [0.1, 0.15) is 5.60 Å². The lowest BCUT2D eigenvalue weighted by molar-refractivity contribution is -0.153. The van der Waals surface area contributed by atoms with Crippen LogP contribution in [0.3, 0.4) is 0 Å². The smallest absolute Gasteiger partial charge is 0.407 e. The van der Waals surface area contributed by atoms with E-state index in [9.17, 15) is 14.4 Å². The minimum absolute atomic E-state index is 0.0571. The molecule has 1 aromatic rings. The fraction of sp³-hybridized carbons (Fsp3) is 0.571.